The van der Waals surface area contributed by atoms with Gasteiger partial charge in [0.2, 0.25) is 5.91 Å². The number of benzene rings is 2. The fourth-order valence-electron chi connectivity index (χ4n) is 4.53. The maximum atomic E-state index is 12.9. The van der Waals surface area contributed by atoms with Crippen LogP contribution < -0.4 is 15.5 Å². The highest BCUT2D eigenvalue weighted by Gasteiger charge is 2.34. The number of carbonyl (C=O) groups is 2. The van der Waals surface area contributed by atoms with Crippen LogP contribution in [-0.2, 0) is 20.3 Å². The molecular weight excluding hydrogens is 556 g/mol. The molecule has 5 rings (SSSR count). The van der Waals surface area contributed by atoms with Crippen LogP contribution in [0.1, 0.15) is 44.9 Å². The van der Waals surface area contributed by atoms with E-state index in [1.165, 1.54) is 0 Å². The zero-order valence-electron chi connectivity index (χ0n) is 24.8. The highest BCUT2D eigenvalue weighted by atomic mass is 32.2. The van der Waals surface area contributed by atoms with E-state index in [0.717, 1.165) is 61.7 Å². The van der Waals surface area contributed by atoms with Crippen LogP contribution in [-0.4, -0.2) is 72.0 Å². The second-order valence-corrected chi connectivity index (χ2v) is 13.3. The van der Waals surface area contributed by atoms with E-state index < -0.39 is 10.1 Å². The predicted octanol–water partition coefficient (Wildman–Crippen LogP) is 4.68. The fraction of sp³-hybridized carbons (Fsp3) is 0.433. The highest BCUT2D eigenvalue weighted by molar-refractivity contribution is 7.85. The Kier molecular flexibility index (Phi) is 9.27. The Labute approximate surface area is 247 Å². The van der Waals surface area contributed by atoms with Crippen molar-refractivity contribution in [3.05, 3.63) is 65.9 Å². The molecule has 2 fully saturated rings. The first-order valence-electron chi connectivity index (χ1n) is 14.0. The van der Waals surface area contributed by atoms with Crippen molar-refractivity contribution in [1.82, 2.24) is 14.7 Å². The largest absolute Gasteiger partial charge is 0.368 e. The monoisotopic (exact) mass is 596 g/mol. The Morgan fingerprint density at radius 1 is 0.905 bits per heavy atom. The number of piperazine rings is 1. The molecule has 11 nitrogen and oxygen atoms in total. The summed E-state index contributed by atoms with van der Waals surface area (Å²) in [5.74, 6) is 1.21. The zero-order valence-corrected chi connectivity index (χ0v) is 25.6. The van der Waals surface area contributed by atoms with Gasteiger partial charge >= 0.3 is 6.03 Å². The standard InChI is InChI=1S/C29H36N6O2.CH4O3S/c1-20-5-11-24(12-6-20)35-26(19-25(32-35)29(2,3)4)31-28(37)30-22-9-13-23(14-10-22)33-15-17-34(18-16-33)27(36)21-7-8-21;1-5(2,3)4/h5-6,9-14,19,21H,7-8,15-18H2,1-4H3,(H2,30,31,37);1H3,(H,2,3,4). The van der Waals surface area contributed by atoms with Crippen LogP contribution in [0.4, 0.5) is 22.0 Å². The van der Waals surface area contributed by atoms with Crippen LogP contribution in [0.2, 0.25) is 0 Å². The summed E-state index contributed by atoms with van der Waals surface area (Å²) in [4.78, 5) is 29.5. The van der Waals surface area contributed by atoms with Crippen LogP contribution in [0.3, 0.4) is 0 Å². The number of hydrogen-bond acceptors (Lipinski definition) is 6. The van der Waals surface area contributed by atoms with Gasteiger partial charge in [0.25, 0.3) is 10.1 Å². The van der Waals surface area contributed by atoms with E-state index in [9.17, 15) is 18.0 Å². The minimum absolute atomic E-state index is 0.157. The number of hydrogen-bond donors (Lipinski definition) is 3. The molecule has 42 heavy (non-hydrogen) atoms. The van der Waals surface area contributed by atoms with Gasteiger partial charge in [-0.05, 0) is 56.2 Å². The van der Waals surface area contributed by atoms with Crippen molar-refractivity contribution >= 4 is 39.2 Å². The van der Waals surface area contributed by atoms with E-state index in [2.05, 4.69) is 36.3 Å². The average molecular weight is 597 g/mol. The quantitative estimate of drug-likeness (QED) is 0.364. The van der Waals surface area contributed by atoms with E-state index in [0.29, 0.717) is 23.7 Å². The van der Waals surface area contributed by atoms with Gasteiger partial charge in [-0.15, -0.1) is 0 Å². The molecule has 0 atom stereocenters. The Hall–Kier alpha value is -3.90. The number of nitrogens with one attached hydrogen (secondary N) is 2. The second kappa shape index (κ2) is 12.5. The molecule has 3 N–H and O–H groups in total. The Balaban J connectivity index is 0.000000748. The molecule has 1 aliphatic carbocycles. The fourth-order valence-corrected chi connectivity index (χ4v) is 4.53. The molecule has 0 radical (unpaired) electrons. The number of amides is 3. The number of carbonyl (C=O) groups excluding carboxylic acids is 2. The van der Waals surface area contributed by atoms with Crippen LogP contribution in [0.15, 0.2) is 54.6 Å². The predicted molar refractivity (Wildman–Crippen MR) is 165 cm³/mol. The molecule has 1 saturated heterocycles. The first kappa shape index (κ1) is 31.0. The summed E-state index contributed by atoms with van der Waals surface area (Å²) in [5.41, 5.74) is 4.59. The number of aryl methyl sites for hydroxylation is 1. The second-order valence-electron chi connectivity index (χ2n) is 11.9. The maximum absolute atomic E-state index is 12.9. The molecule has 1 saturated carbocycles. The lowest BCUT2D eigenvalue weighted by Gasteiger charge is -2.36. The summed E-state index contributed by atoms with van der Waals surface area (Å²) in [5, 5.41) is 10.7. The molecule has 2 aliphatic rings. The number of nitrogens with zero attached hydrogens (tertiary/aromatic N) is 4. The zero-order chi connectivity index (χ0) is 30.7. The van der Waals surface area contributed by atoms with Crippen LogP contribution >= 0.6 is 0 Å². The van der Waals surface area contributed by atoms with Crippen molar-refractivity contribution in [3.8, 4) is 5.69 Å². The van der Waals surface area contributed by atoms with Gasteiger partial charge in [-0.25, -0.2) is 9.48 Å². The smallest absolute Gasteiger partial charge is 0.324 e. The Morgan fingerprint density at radius 2 is 1.45 bits per heavy atom. The van der Waals surface area contributed by atoms with E-state index >= 15 is 0 Å². The van der Waals surface area contributed by atoms with Gasteiger partial charge < -0.3 is 15.1 Å². The third-order valence-corrected chi connectivity index (χ3v) is 7.01. The summed E-state index contributed by atoms with van der Waals surface area (Å²) in [6.45, 7) is 11.5. The third kappa shape index (κ3) is 8.80. The van der Waals surface area contributed by atoms with Gasteiger partial charge in [-0.1, -0.05) is 38.5 Å². The van der Waals surface area contributed by atoms with E-state index in [1.54, 1.807) is 4.68 Å². The van der Waals surface area contributed by atoms with Gasteiger partial charge in [0, 0.05) is 55.0 Å². The lowest BCUT2D eigenvalue weighted by Crippen LogP contribution is -2.49. The van der Waals surface area contributed by atoms with Crippen molar-refractivity contribution in [3.63, 3.8) is 0 Å². The van der Waals surface area contributed by atoms with Crippen molar-refractivity contribution in [2.24, 2.45) is 5.92 Å². The number of rotatable bonds is 5. The first-order chi connectivity index (χ1) is 19.7. The minimum atomic E-state index is -3.67. The molecule has 0 unspecified atom stereocenters. The van der Waals surface area contributed by atoms with E-state index in [-0.39, 0.29) is 17.4 Å². The molecule has 1 aliphatic heterocycles. The van der Waals surface area contributed by atoms with Crippen LogP contribution in [0.5, 0.6) is 0 Å². The molecule has 1 aromatic heterocycles. The van der Waals surface area contributed by atoms with Crippen molar-refractivity contribution in [1.29, 1.82) is 0 Å². The summed E-state index contributed by atoms with van der Waals surface area (Å²) >= 11 is 0. The molecule has 3 aromatic rings. The number of urea groups is 1. The lowest BCUT2D eigenvalue weighted by atomic mass is 9.92. The molecule has 3 amide bonds. The molecular formula is C30H40N6O5S. The Morgan fingerprint density at radius 3 is 1.98 bits per heavy atom. The highest BCUT2D eigenvalue weighted by Crippen LogP contribution is 2.32. The van der Waals surface area contributed by atoms with Gasteiger partial charge in [-0.2, -0.15) is 13.5 Å². The molecule has 2 heterocycles. The topological polar surface area (TPSA) is 137 Å². The van der Waals surface area contributed by atoms with Gasteiger partial charge in [0.05, 0.1) is 17.6 Å². The third-order valence-electron chi connectivity index (χ3n) is 7.01. The summed E-state index contributed by atoms with van der Waals surface area (Å²) in [6.07, 6.45) is 2.81. The molecule has 12 heteroatoms. The van der Waals surface area contributed by atoms with E-state index in [1.807, 2.05) is 66.4 Å². The molecule has 2 aromatic carbocycles. The SMILES string of the molecule is CS(=O)(=O)O.Cc1ccc(-n2nc(C(C)(C)C)cc2NC(=O)Nc2ccc(N3CCN(C(=O)C4CC4)CC3)cc2)cc1. The van der Waals surface area contributed by atoms with E-state index in [4.69, 9.17) is 9.65 Å². The molecule has 0 spiro atoms. The molecule has 0 bridgehead atoms. The van der Waals surface area contributed by atoms with Crippen LogP contribution in [0, 0.1) is 12.8 Å². The summed E-state index contributed by atoms with van der Waals surface area (Å²) in [7, 11) is -3.67. The maximum Gasteiger partial charge on any atom is 0.324 e. The van der Waals surface area contributed by atoms with Crippen LogP contribution in [0.25, 0.3) is 5.69 Å². The first-order valence-corrected chi connectivity index (χ1v) is 15.8. The van der Waals surface area contributed by atoms with Crippen molar-refractivity contribution in [2.75, 3.05) is 48.0 Å². The Bertz CT molecular complexity index is 1490. The minimum Gasteiger partial charge on any atom is -0.368 e. The van der Waals surface area contributed by atoms with Crippen molar-refractivity contribution in [2.45, 2.75) is 46.0 Å². The summed E-state index contributed by atoms with van der Waals surface area (Å²) in [6, 6.07) is 17.5. The molecule has 226 valence electrons. The van der Waals surface area contributed by atoms with Gasteiger partial charge in [0.15, 0.2) is 0 Å². The number of anilines is 3. The summed E-state index contributed by atoms with van der Waals surface area (Å²) < 4.78 is 27.6. The van der Waals surface area contributed by atoms with Gasteiger partial charge in [-0.3, -0.25) is 14.7 Å². The number of aromatic nitrogens is 2. The van der Waals surface area contributed by atoms with Gasteiger partial charge in [0.1, 0.15) is 5.82 Å². The normalized spacial score (nSPS) is 15.5. The van der Waals surface area contributed by atoms with Crippen molar-refractivity contribution < 1.29 is 22.6 Å². The average Bonchev–Trinajstić information content (AvgIpc) is 3.68. The lowest BCUT2D eigenvalue weighted by molar-refractivity contribution is -0.132.